The normalized spacial score (nSPS) is 10.4. The molecule has 3 rings (SSSR count). The first kappa shape index (κ1) is 20.2. The van der Waals surface area contributed by atoms with E-state index in [1.807, 2.05) is 24.3 Å². The van der Waals surface area contributed by atoms with E-state index < -0.39 is 0 Å². The van der Waals surface area contributed by atoms with Crippen LogP contribution in [0, 0.1) is 0 Å². The fourth-order valence-corrected chi connectivity index (χ4v) is 3.05. The molecule has 0 fully saturated rings. The SMILES string of the molecule is CCc1cccc(CC)c1NC(=O)c1cnc(Nc2cccc(C(C)=O)c2)cn1. The van der Waals surface area contributed by atoms with Crippen LogP contribution in [0.3, 0.4) is 0 Å². The third-order valence-electron chi connectivity index (χ3n) is 4.66. The largest absolute Gasteiger partial charge is 0.339 e. The minimum atomic E-state index is -0.293. The molecular weight excluding hydrogens is 364 g/mol. The number of rotatable bonds is 7. The van der Waals surface area contributed by atoms with Gasteiger partial charge in [-0.25, -0.2) is 9.97 Å². The second kappa shape index (κ2) is 9.10. The molecule has 0 atom stereocenters. The summed E-state index contributed by atoms with van der Waals surface area (Å²) in [5.74, 6) is 0.189. The summed E-state index contributed by atoms with van der Waals surface area (Å²) >= 11 is 0. The Bertz CT molecular complexity index is 1010. The van der Waals surface area contributed by atoms with Gasteiger partial charge in [0.2, 0.25) is 0 Å². The zero-order valence-electron chi connectivity index (χ0n) is 16.8. The van der Waals surface area contributed by atoms with Crippen molar-refractivity contribution in [2.75, 3.05) is 10.6 Å². The minimum Gasteiger partial charge on any atom is -0.339 e. The van der Waals surface area contributed by atoms with E-state index >= 15 is 0 Å². The molecule has 0 aliphatic heterocycles. The predicted octanol–water partition coefficient (Wildman–Crippen LogP) is 4.80. The molecule has 3 aromatic rings. The molecule has 1 aromatic heterocycles. The summed E-state index contributed by atoms with van der Waals surface area (Å²) in [5, 5.41) is 6.08. The molecule has 0 aliphatic carbocycles. The van der Waals surface area contributed by atoms with Gasteiger partial charge in [0.05, 0.1) is 12.4 Å². The van der Waals surface area contributed by atoms with E-state index in [4.69, 9.17) is 0 Å². The van der Waals surface area contributed by atoms with Crippen molar-refractivity contribution in [1.82, 2.24) is 9.97 Å². The highest BCUT2D eigenvalue weighted by Crippen LogP contribution is 2.23. The fourth-order valence-electron chi connectivity index (χ4n) is 3.05. The van der Waals surface area contributed by atoms with Crippen LogP contribution in [-0.2, 0) is 12.8 Å². The Hall–Kier alpha value is -3.54. The van der Waals surface area contributed by atoms with Gasteiger partial charge in [0.1, 0.15) is 11.5 Å². The number of carbonyl (C=O) groups is 2. The molecule has 0 saturated heterocycles. The van der Waals surface area contributed by atoms with Crippen LogP contribution in [0.15, 0.2) is 54.9 Å². The Labute approximate surface area is 170 Å². The van der Waals surface area contributed by atoms with Gasteiger partial charge in [-0.2, -0.15) is 0 Å². The number of amides is 1. The van der Waals surface area contributed by atoms with Crippen LogP contribution >= 0.6 is 0 Å². The van der Waals surface area contributed by atoms with Crippen LogP contribution in [0.25, 0.3) is 0 Å². The third kappa shape index (κ3) is 4.85. The van der Waals surface area contributed by atoms with E-state index in [9.17, 15) is 9.59 Å². The van der Waals surface area contributed by atoms with E-state index in [0.717, 1.165) is 35.3 Å². The van der Waals surface area contributed by atoms with E-state index in [2.05, 4.69) is 34.4 Å². The average molecular weight is 388 g/mol. The molecule has 148 valence electrons. The van der Waals surface area contributed by atoms with Crippen molar-refractivity contribution in [3.63, 3.8) is 0 Å². The number of hydrogen-bond acceptors (Lipinski definition) is 5. The van der Waals surface area contributed by atoms with Gasteiger partial charge < -0.3 is 10.6 Å². The van der Waals surface area contributed by atoms with Gasteiger partial charge in [0.15, 0.2) is 5.78 Å². The van der Waals surface area contributed by atoms with Gasteiger partial charge in [-0.15, -0.1) is 0 Å². The average Bonchev–Trinajstić information content (AvgIpc) is 2.74. The highest BCUT2D eigenvalue weighted by atomic mass is 16.2. The summed E-state index contributed by atoms with van der Waals surface area (Å²) in [7, 11) is 0. The van der Waals surface area contributed by atoms with E-state index in [1.54, 1.807) is 18.2 Å². The van der Waals surface area contributed by atoms with E-state index in [-0.39, 0.29) is 17.4 Å². The summed E-state index contributed by atoms with van der Waals surface area (Å²) in [5.41, 5.74) is 4.62. The molecule has 2 aromatic carbocycles. The number of para-hydroxylation sites is 1. The number of nitrogens with zero attached hydrogens (tertiary/aromatic N) is 2. The minimum absolute atomic E-state index is 0.00874. The number of carbonyl (C=O) groups excluding carboxylic acids is 2. The monoisotopic (exact) mass is 388 g/mol. The lowest BCUT2D eigenvalue weighted by Gasteiger charge is -2.14. The maximum absolute atomic E-state index is 12.7. The van der Waals surface area contributed by atoms with Crippen molar-refractivity contribution < 1.29 is 9.59 Å². The Morgan fingerprint density at radius 3 is 2.21 bits per heavy atom. The van der Waals surface area contributed by atoms with Gasteiger partial charge in [0, 0.05) is 16.9 Å². The molecule has 0 aliphatic rings. The Kier molecular flexibility index (Phi) is 6.34. The molecule has 0 saturated carbocycles. The fraction of sp³-hybridized carbons (Fsp3) is 0.217. The van der Waals surface area contributed by atoms with Gasteiger partial charge in [-0.05, 0) is 43.0 Å². The maximum atomic E-state index is 12.7. The predicted molar refractivity (Wildman–Crippen MR) is 115 cm³/mol. The standard InChI is InChI=1S/C23H24N4O2/c1-4-16-8-6-9-17(5-2)22(16)27-23(29)20-13-25-21(14-24-20)26-19-11-7-10-18(12-19)15(3)28/h6-14H,4-5H2,1-3H3,(H,25,26)(H,27,29). The number of ketones is 1. The molecule has 6 heteroatoms. The lowest BCUT2D eigenvalue weighted by molar-refractivity contribution is 0.101. The summed E-state index contributed by atoms with van der Waals surface area (Å²) in [6, 6.07) is 13.2. The highest BCUT2D eigenvalue weighted by molar-refractivity contribution is 6.03. The number of aryl methyl sites for hydroxylation is 2. The molecule has 6 nitrogen and oxygen atoms in total. The van der Waals surface area contributed by atoms with Crippen LogP contribution in [0.4, 0.5) is 17.2 Å². The topological polar surface area (TPSA) is 84.0 Å². The molecule has 0 unspecified atom stereocenters. The summed E-state index contributed by atoms with van der Waals surface area (Å²) in [6.45, 7) is 5.64. The number of nitrogens with one attached hydrogen (secondary N) is 2. The second-order valence-electron chi connectivity index (χ2n) is 6.66. The maximum Gasteiger partial charge on any atom is 0.275 e. The van der Waals surface area contributed by atoms with Crippen LogP contribution in [0.5, 0.6) is 0 Å². The van der Waals surface area contributed by atoms with Crippen molar-refractivity contribution in [3.8, 4) is 0 Å². The smallest absolute Gasteiger partial charge is 0.275 e. The lowest BCUT2D eigenvalue weighted by Crippen LogP contribution is -2.16. The van der Waals surface area contributed by atoms with Crippen LogP contribution in [0.1, 0.15) is 52.7 Å². The molecular formula is C23H24N4O2. The van der Waals surface area contributed by atoms with Crippen molar-refractivity contribution in [2.45, 2.75) is 33.6 Å². The van der Waals surface area contributed by atoms with Crippen LogP contribution in [-0.4, -0.2) is 21.7 Å². The molecule has 0 spiro atoms. The second-order valence-corrected chi connectivity index (χ2v) is 6.66. The van der Waals surface area contributed by atoms with Crippen LogP contribution < -0.4 is 10.6 Å². The quantitative estimate of drug-likeness (QED) is 0.568. The van der Waals surface area contributed by atoms with Gasteiger partial charge in [-0.3, -0.25) is 9.59 Å². The van der Waals surface area contributed by atoms with E-state index in [0.29, 0.717) is 11.4 Å². The van der Waals surface area contributed by atoms with Gasteiger partial charge in [0.25, 0.3) is 5.91 Å². The van der Waals surface area contributed by atoms with E-state index in [1.165, 1.54) is 19.3 Å². The first-order valence-electron chi connectivity index (χ1n) is 9.64. The lowest BCUT2D eigenvalue weighted by atomic mass is 10.0. The Morgan fingerprint density at radius 2 is 1.62 bits per heavy atom. The molecule has 1 amide bonds. The van der Waals surface area contributed by atoms with Gasteiger partial charge >= 0.3 is 0 Å². The Balaban J connectivity index is 1.74. The van der Waals surface area contributed by atoms with Crippen molar-refractivity contribution >= 4 is 28.9 Å². The number of hydrogen-bond donors (Lipinski definition) is 2. The summed E-state index contributed by atoms with van der Waals surface area (Å²) < 4.78 is 0. The number of anilines is 3. The van der Waals surface area contributed by atoms with Gasteiger partial charge in [-0.1, -0.05) is 44.2 Å². The number of Topliss-reactive ketones (excluding diaryl/α,β-unsaturated/α-hetero) is 1. The first-order valence-corrected chi connectivity index (χ1v) is 9.64. The van der Waals surface area contributed by atoms with Crippen molar-refractivity contribution in [2.24, 2.45) is 0 Å². The zero-order valence-corrected chi connectivity index (χ0v) is 16.8. The zero-order chi connectivity index (χ0) is 20.8. The molecule has 1 heterocycles. The number of aromatic nitrogens is 2. The molecule has 0 bridgehead atoms. The summed E-state index contributed by atoms with van der Waals surface area (Å²) in [6.07, 6.45) is 4.60. The Morgan fingerprint density at radius 1 is 0.931 bits per heavy atom. The highest BCUT2D eigenvalue weighted by Gasteiger charge is 2.13. The third-order valence-corrected chi connectivity index (χ3v) is 4.66. The van der Waals surface area contributed by atoms with Crippen molar-refractivity contribution in [1.29, 1.82) is 0 Å². The molecule has 2 N–H and O–H groups in total. The summed E-state index contributed by atoms with van der Waals surface area (Å²) in [4.78, 5) is 32.7. The van der Waals surface area contributed by atoms with Crippen molar-refractivity contribution in [3.05, 3.63) is 77.2 Å². The molecule has 0 radical (unpaired) electrons. The first-order chi connectivity index (χ1) is 14.0. The van der Waals surface area contributed by atoms with Crippen LogP contribution in [0.2, 0.25) is 0 Å². The molecule has 29 heavy (non-hydrogen) atoms. The number of benzene rings is 2.